The highest BCUT2D eigenvalue weighted by Gasteiger charge is 2.12. The molecule has 0 aromatic carbocycles. The maximum Gasteiger partial charge on any atom is 0.0972 e. The number of hydrogen-bond donors (Lipinski definition) is 1. The van der Waals surface area contributed by atoms with Crippen LogP contribution in [0.3, 0.4) is 0 Å². The molecule has 60 valence electrons. The van der Waals surface area contributed by atoms with Gasteiger partial charge in [-0.25, -0.2) is 0 Å². The molecule has 2 nitrogen and oxygen atoms in total. The Bertz CT molecular complexity index is 93.6. The van der Waals surface area contributed by atoms with Crippen LogP contribution in [0.15, 0.2) is 0 Å². The second-order valence-corrected chi connectivity index (χ2v) is 3.39. The highest BCUT2D eigenvalue weighted by Crippen LogP contribution is 2.04. The van der Waals surface area contributed by atoms with Crippen LogP contribution in [0.25, 0.3) is 0 Å². The van der Waals surface area contributed by atoms with Gasteiger partial charge in [-0.15, -0.1) is 12.6 Å². The van der Waals surface area contributed by atoms with E-state index < -0.39 is 0 Å². The summed E-state index contributed by atoms with van der Waals surface area (Å²) in [6, 6.07) is 0. The maximum absolute atomic E-state index is 5.27. The van der Waals surface area contributed by atoms with Crippen LogP contribution in [0, 0.1) is 0 Å². The van der Waals surface area contributed by atoms with Gasteiger partial charge >= 0.3 is 0 Å². The molecule has 0 radical (unpaired) electrons. The van der Waals surface area contributed by atoms with Crippen molar-refractivity contribution in [2.24, 2.45) is 0 Å². The van der Waals surface area contributed by atoms with Gasteiger partial charge in [0.1, 0.15) is 0 Å². The predicted molar refractivity (Wildman–Crippen MR) is 45.5 cm³/mol. The van der Waals surface area contributed by atoms with E-state index in [1.54, 1.807) is 0 Å². The Morgan fingerprint density at radius 3 is 2.70 bits per heavy atom. The highest BCUT2D eigenvalue weighted by molar-refractivity contribution is 7.80. The van der Waals surface area contributed by atoms with Crippen LogP contribution < -0.4 is 0 Å². The van der Waals surface area contributed by atoms with Gasteiger partial charge in [0, 0.05) is 6.54 Å². The summed E-state index contributed by atoms with van der Waals surface area (Å²) in [6.07, 6.45) is 1.36. The Morgan fingerprint density at radius 2 is 2.30 bits per heavy atom. The number of nitrogens with zero attached hydrogens (tertiary/aromatic N) is 1. The van der Waals surface area contributed by atoms with Crippen LogP contribution in [0.2, 0.25) is 0 Å². The predicted octanol–water partition coefficient (Wildman–Crippen LogP) is 0.984. The van der Waals surface area contributed by atoms with E-state index in [2.05, 4.69) is 17.5 Å². The van der Waals surface area contributed by atoms with Crippen molar-refractivity contribution in [1.29, 1.82) is 0 Å². The lowest BCUT2D eigenvalue weighted by atomic mass is 10.2. The molecule has 1 aliphatic heterocycles. The summed E-state index contributed by atoms with van der Waals surface area (Å²) < 4.78 is 5.27. The standard InChI is InChI=1S/C7H15NOS/c1-7(10)9-6-5-8-3-2-4-8/h7,10H,2-6H2,1H3. The van der Waals surface area contributed by atoms with Gasteiger partial charge in [0.15, 0.2) is 0 Å². The molecule has 0 N–H and O–H groups in total. The van der Waals surface area contributed by atoms with Crippen molar-refractivity contribution in [2.45, 2.75) is 18.8 Å². The van der Waals surface area contributed by atoms with Gasteiger partial charge in [-0.1, -0.05) is 0 Å². The molecule has 1 atom stereocenters. The molecule has 0 aromatic heterocycles. The number of likely N-dealkylation sites (tertiary alicyclic amines) is 1. The molecular formula is C7H15NOS. The zero-order valence-corrected chi connectivity index (χ0v) is 7.31. The summed E-state index contributed by atoms with van der Waals surface area (Å²) in [5, 5.41) is 0. The summed E-state index contributed by atoms with van der Waals surface area (Å²) in [4.78, 5) is 2.39. The average molecular weight is 161 g/mol. The first-order valence-corrected chi connectivity index (χ1v) is 4.33. The molecule has 0 amide bonds. The van der Waals surface area contributed by atoms with Crippen LogP contribution >= 0.6 is 12.6 Å². The van der Waals surface area contributed by atoms with Crippen LogP contribution in [0.1, 0.15) is 13.3 Å². The highest BCUT2D eigenvalue weighted by atomic mass is 32.1. The largest absolute Gasteiger partial charge is 0.367 e. The van der Waals surface area contributed by atoms with Crippen molar-refractivity contribution in [1.82, 2.24) is 4.90 Å². The van der Waals surface area contributed by atoms with Gasteiger partial charge in [0.2, 0.25) is 0 Å². The van der Waals surface area contributed by atoms with Gasteiger partial charge in [-0.05, 0) is 26.4 Å². The van der Waals surface area contributed by atoms with Gasteiger partial charge < -0.3 is 9.64 Å². The van der Waals surface area contributed by atoms with Crippen molar-refractivity contribution >= 4 is 12.6 Å². The zero-order valence-electron chi connectivity index (χ0n) is 6.42. The topological polar surface area (TPSA) is 12.5 Å². The van der Waals surface area contributed by atoms with Gasteiger partial charge in [-0.3, -0.25) is 0 Å². The van der Waals surface area contributed by atoms with E-state index in [1.165, 1.54) is 19.5 Å². The van der Waals surface area contributed by atoms with E-state index in [-0.39, 0.29) is 5.44 Å². The van der Waals surface area contributed by atoms with Crippen LogP contribution in [0.5, 0.6) is 0 Å². The lowest BCUT2D eigenvalue weighted by Crippen LogP contribution is -2.39. The molecule has 1 unspecified atom stereocenters. The van der Waals surface area contributed by atoms with Crippen molar-refractivity contribution < 1.29 is 4.74 Å². The second kappa shape index (κ2) is 4.21. The third-order valence-corrected chi connectivity index (χ3v) is 1.86. The second-order valence-electron chi connectivity index (χ2n) is 2.67. The molecule has 1 aliphatic rings. The van der Waals surface area contributed by atoms with Crippen molar-refractivity contribution in [3.63, 3.8) is 0 Å². The molecule has 0 aliphatic carbocycles. The average Bonchev–Trinajstić information content (AvgIpc) is 1.75. The Kier molecular flexibility index (Phi) is 3.52. The minimum atomic E-state index is 0.0845. The molecule has 0 bridgehead atoms. The molecule has 10 heavy (non-hydrogen) atoms. The first-order valence-electron chi connectivity index (χ1n) is 3.81. The van der Waals surface area contributed by atoms with Gasteiger partial charge in [0.25, 0.3) is 0 Å². The maximum atomic E-state index is 5.27. The molecule has 0 saturated carbocycles. The fourth-order valence-corrected chi connectivity index (χ4v) is 1.06. The fraction of sp³-hybridized carbons (Fsp3) is 1.00. The quantitative estimate of drug-likeness (QED) is 0.487. The van der Waals surface area contributed by atoms with E-state index in [4.69, 9.17) is 4.74 Å². The molecule has 0 aromatic rings. The summed E-state index contributed by atoms with van der Waals surface area (Å²) in [5.41, 5.74) is 0.0845. The summed E-state index contributed by atoms with van der Waals surface area (Å²) in [5.74, 6) is 0. The molecule has 3 heteroatoms. The number of thiol groups is 1. The molecule has 1 saturated heterocycles. The number of ether oxygens (including phenoxy) is 1. The van der Waals surface area contributed by atoms with Gasteiger partial charge in [0.05, 0.1) is 12.0 Å². The van der Waals surface area contributed by atoms with Crippen molar-refractivity contribution in [2.75, 3.05) is 26.2 Å². The zero-order chi connectivity index (χ0) is 7.40. The van der Waals surface area contributed by atoms with Gasteiger partial charge in [-0.2, -0.15) is 0 Å². The Hall–Kier alpha value is 0.270. The third kappa shape index (κ3) is 2.90. The molecule has 0 spiro atoms. The molecular weight excluding hydrogens is 146 g/mol. The smallest absolute Gasteiger partial charge is 0.0972 e. The van der Waals surface area contributed by atoms with Crippen LogP contribution in [-0.2, 0) is 4.74 Å². The molecule has 1 heterocycles. The van der Waals surface area contributed by atoms with E-state index >= 15 is 0 Å². The minimum absolute atomic E-state index is 0.0845. The van der Waals surface area contributed by atoms with E-state index in [0.29, 0.717) is 0 Å². The Balaban J connectivity index is 1.85. The van der Waals surface area contributed by atoms with Crippen molar-refractivity contribution in [3.05, 3.63) is 0 Å². The fourth-order valence-electron chi connectivity index (χ4n) is 0.958. The Morgan fingerprint density at radius 1 is 1.60 bits per heavy atom. The van der Waals surface area contributed by atoms with E-state index in [0.717, 1.165) is 13.2 Å². The van der Waals surface area contributed by atoms with Crippen LogP contribution in [0.4, 0.5) is 0 Å². The van der Waals surface area contributed by atoms with E-state index in [1.807, 2.05) is 6.92 Å². The third-order valence-electron chi connectivity index (χ3n) is 1.72. The SMILES string of the molecule is CC(S)OCCN1CCC1. The van der Waals surface area contributed by atoms with Crippen molar-refractivity contribution in [3.8, 4) is 0 Å². The number of hydrogen-bond acceptors (Lipinski definition) is 3. The minimum Gasteiger partial charge on any atom is -0.367 e. The summed E-state index contributed by atoms with van der Waals surface area (Å²) in [7, 11) is 0. The summed E-state index contributed by atoms with van der Waals surface area (Å²) >= 11 is 4.11. The molecule has 1 fully saturated rings. The lowest BCUT2D eigenvalue weighted by molar-refractivity contribution is 0.0751. The normalized spacial score (nSPS) is 22.2. The molecule has 1 rings (SSSR count). The van der Waals surface area contributed by atoms with E-state index in [9.17, 15) is 0 Å². The Labute approximate surface area is 68.0 Å². The first-order chi connectivity index (χ1) is 4.79. The lowest BCUT2D eigenvalue weighted by Gasteiger charge is -2.30. The first kappa shape index (κ1) is 8.37. The number of rotatable bonds is 4. The monoisotopic (exact) mass is 161 g/mol. The summed E-state index contributed by atoms with van der Waals surface area (Å²) in [6.45, 7) is 6.35. The van der Waals surface area contributed by atoms with Crippen LogP contribution in [-0.4, -0.2) is 36.6 Å².